The average Bonchev–Trinajstić information content (AvgIpc) is 2.67. The molecule has 0 unspecified atom stereocenters. The summed E-state index contributed by atoms with van der Waals surface area (Å²) in [5.74, 6) is 0.454. The molecule has 2 heterocycles. The van der Waals surface area contributed by atoms with E-state index in [9.17, 15) is 0 Å². The smallest absolute Gasteiger partial charge is 0.0676 e. The quantitative estimate of drug-likeness (QED) is 0.686. The number of nitrogens with zero attached hydrogens (tertiary/aromatic N) is 2. The van der Waals surface area contributed by atoms with Crippen LogP contribution < -0.4 is 5.32 Å². The Morgan fingerprint density at radius 3 is 2.85 bits per heavy atom. The fraction of sp³-hybridized carbons (Fsp3) is 0.400. The van der Waals surface area contributed by atoms with Crippen LogP contribution in [0.15, 0.2) is 24.5 Å². The molecule has 1 saturated heterocycles. The first-order valence-corrected chi connectivity index (χ1v) is 4.42. The summed E-state index contributed by atoms with van der Waals surface area (Å²) in [4.78, 5) is 3.96. The highest BCUT2D eigenvalue weighted by molar-refractivity contribution is 5.21. The Morgan fingerprint density at radius 1 is 1.38 bits per heavy atom. The maximum absolute atomic E-state index is 8.89. The molecular formula is C10H11N3. The molecule has 13 heavy (non-hydrogen) atoms. The van der Waals surface area contributed by atoms with E-state index in [-0.39, 0.29) is 5.92 Å². The molecule has 0 aromatic carbocycles. The first-order chi connectivity index (χ1) is 6.42. The van der Waals surface area contributed by atoms with E-state index < -0.39 is 0 Å². The van der Waals surface area contributed by atoms with Crippen molar-refractivity contribution in [2.45, 2.75) is 5.92 Å². The summed E-state index contributed by atoms with van der Waals surface area (Å²) < 4.78 is 0. The summed E-state index contributed by atoms with van der Waals surface area (Å²) in [7, 11) is 0. The van der Waals surface area contributed by atoms with Gasteiger partial charge in [0.2, 0.25) is 0 Å². The predicted octanol–water partition coefficient (Wildman–Crippen LogP) is 0.908. The third kappa shape index (κ3) is 1.53. The zero-order valence-corrected chi connectivity index (χ0v) is 7.27. The summed E-state index contributed by atoms with van der Waals surface area (Å²) in [5, 5.41) is 12.1. The number of aromatic nitrogens is 1. The van der Waals surface area contributed by atoms with Gasteiger partial charge in [-0.15, -0.1) is 0 Å². The average molecular weight is 173 g/mol. The Labute approximate surface area is 77.4 Å². The van der Waals surface area contributed by atoms with Crippen molar-refractivity contribution in [2.24, 2.45) is 5.92 Å². The maximum Gasteiger partial charge on any atom is 0.0676 e. The van der Waals surface area contributed by atoms with Gasteiger partial charge in [-0.1, -0.05) is 0 Å². The minimum absolute atomic E-state index is 0.113. The summed E-state index contributed by atoms with van der Waals surface area (Å²) in [6.45, 7) is 1.71. The first-order valence-electron chi connectivity index (χ1n) is 4.42. The SMILES string of the molecule is N#C[C@H]1CNC[C@H]1c1ccncc1. The number of hydrogen-bond donors (Lipinski definition) is 1. The zero-order chi connectivity index (χ0) is 9.10. The molecule has 1 fully saturated rings. The van der Waals surface area contributed by atoms with E-state index in [1.807, 2.05) is 12.1 Å². The lowest BCUT2D eigenvalue weighted by Crippen LogP contribution is -2.08. The molecule has 1 aromatic heterocycles. The van der Waals surface area contributed by atoms with Gasteiger partial charge in [0.05, 0.1) is 12.0 Å². The fourth-order valence-electron chi connectivity index (χ4n) is 1.78. The molecule has 2 atom stereocenters. The van der Waals surface area contributed by atoms with E-state index in [4.69, 9.17) is 5.26 Å². The van der Waals surface area contributed by atoms with Crippen molar-refractivity contribution in [3.05, 3.63) is 30.1 Å². The van der Waals surface area contributed by atoms with Crippen molar-refractivity contribution < 1.29 is 0 Å². The Balaban J connectivity index is 2.22. The van der Waals surface area contributed by atoms with Crippen LogP contribution in [-0.2, 0) is 0 Å². The second-order valence-electron chi connectivity index (χ2n) is 3.28. The lowest BCUT2D eigenvalue weighted by Gasteiger charge is -2.11. The van der Waals surface area contributed by atoms with Crippen molar-refractivity contribution in [1.82, 2.24) is 10.3 Å². The molecule has 0 radical (unpaired) electrons. The zero-order valence-electron chi connectivity index (χ0n) is 7.27. The van der Waals surface area contributed by atoms with Crippen molar-refractivity contribution in [3.8, 4) is 6.07 Å². The van der Waals surface area contributed by atoms with Gasteiger partial charge in [-0.05, 0) is 17.7 Å². The van der Waals surface area contributed by atoms with Gasteiger partial charge in [0.25, 0.3) is 0 Å². The van der Waals surface area contributed by atoms with Gasteiger partial charge in [-0.25, -0.2) is 0 Å². The van der Waals surface area contributed by atoms with Gasteiger partial charge in [0, 0.05) is 31.4 Å². The summed E-state index contributed by atoms with van der Waals surface area (Å²) in [5.41, 5.74) is 1.21. The monoisotopic (exact) mass is 173 g/mol. The van der Waals surface area contributed by atoms with Crippen LogP contribution in [0.4, 0.5) is 0 Å². The molecule has 0 amide bonds. The normalized spacial score (nSPS) is 27.0. The molecule has 66 valence electrons. The van der Waals surface area contributed by atoms with Crippen LogP contribution in [0.1, 0.15) is 11.5 Å². The highest BCUT2D eigenvalue weighted by Gasteiger charge is 2.27. The van der Waals surface area contributed by atoms with Gasteiger partial charge in [0.15, 0.2) is 0 Å². The predicted molar refractivity (Wildman–Crippen MR) is 49.0 cm³/mol. The van der Waals surface area contributed by atoms with Crippen LogP contribution in [-0.4, -0.2) is 18.1 Å². The standard InChI is InChI=1S/C10H11N3/c11-5-9-6-13-7-10(9)8-1-3-12-4-2-8/h1-4,9-10,13H,6-7H2/t9-,10-/m0/s1. The number of nitriles is 1. The number of nitrogens with one attached hydrogen (secondary N) is 1. The summed E-state index contributed by atoms with van der Waals surface area (Å²) >= 11 is 0. The van der Waals surface area contributed by atoms with Gasteiger partial charge in [0.1, 0.15) is 0 Å². The van der Waals surface area contributed by atoms with E-state index in [1.165, 1.54) is 5.56 Å². The lowest BCUT2D eigenvalue weighted by molar-refractivity contribution is 0.646. The highest BCUT2D eigenvalue weighted by Crippen LogP contribution is 2.26. The third-order valence-corrected chi connectivity index (χ3v) is 2.51. The first kappa shape index (κ1) is 8.21. The molecule has 1 aromatic rings. The number of pyridine rings is 1. The van der Waals surface area contributed by atoms with E-state index in [2.05, 4.69) is 16.4 Å². The van der Waals surface area contributed by atoms with Crippen LogP contribution in [0.5, 0.6) is 0 Å². The molecule has 0 bridgehead atoms. The van der Waals surface area contributed by atoms with Crippen molar-refractivity contribution in [2.75, 3.05) is 13.1 Å². The van der Waals surface area contributed by atoms with Gasteiger partial charge in [-0.2, -0.15) is 5.26 Å². The van der Waals surface area contributed by atoms with E-state index in [0.717, 1.165) is 13.1 Å². The van der Waals surface area contributed by atoms with E-state index in [1.54, 1.807) is 12.4 Å². The third-order valence-electron chi connectivity index (χ3n) is 2.51. The van der Waals surface area contributed by atoms with Crippen LogP contribution in [0.25, 0.3) is 0 Å². The Kier molecular flexibility index (Phi) is 2.24. The van der Waals surface area contributed by atoms with Crippen LogP contribution in [0.3, 0.4) is 0 Å². The second-order valence-corrected chi connectivity index (χ2v) is 3.28. The largest absolute Gasteiger partial charge is 0.315 e. The molecular weight excluding hydrogens is 162 g/mol. The minimum atomic E-state index is 0.113. The van der Waals surface area contributed by atoms with Crippen LogP contribution in [0, 0.1) is 17.2 Å². The Bertz CT molecular complexity index is 315. The topological polar surface area (TPSA) is 48.7 Å². The number of rotatable bonds is 1. The minimum Gasteiger partial charge on any atom is -0.315 e. The summed E-state index contributed by atoms with van der Waals surface area (Å²) in [6, 6.07) is 6.31. The molecule has 2 rings (SSSR count). The molecule has 3 nitrogen and oxygen atoms in total. The summed E-state index contributed by atoms with van der Waals surface area (Å²) in [6.07, 6.45) is 3.56. The van der Waals surface area contributed by atoms with E-state index >= 15 is 0 Å². The molecule has 3 heteroatoms. The maximum atomic E-state index is 8.89. The highest BCUT2D eigenvalue weighted by atomic mass is 14.9. The molecule has 1 aliphatic rings. The fourth-order valence-corrected chi connectivity index (χ4v) is 1.78. The van der Waals surface area contributed by atoms with Crippen molar-refractivity contribution in [1.29, 1.82) is 5.26 Å². The van der Waals surface area contributed by atoms with Gasteiger partial charge in [-0.3, -0.25) is 4.98 Å². The van der Waals surface area contributed by atoms with E-state index in [0.29, 0.717) is 5.92 Å². The Hall–Kier alpha value is -1.40. The van der Waals surface area contributed by atoms with Gasteiger partial charge >= 0.3 is 0 Å². The molecule has 1 N–H and O–H groups in total. The van der Waals surface area contributed by atoms with Crippen LogP contribution in [0.2, 0.25) is 0 Å². The number of hydrogen-bond acceptors (Lipinski definition) is 3. The van der Waals surface area contributed by atoms with Crippen molar-refractivity contribution >= 4 is 0 Å². The molecule has 0 saturated carbocycles. The second kappa shape index (κ2) is 3.55. The lowest BCUT2D eigenvalue weighted by atomic mass is 9.91. The van der Waals surface area contributed by atoms with Crippen LogP contribution >= 0.6 is 0 Å². The molecule has 0 spiro atoms. The molecule has 0 aliphatic carbocycles. The van der Waals surface area contributed by atoms with Gasteiger partial charge < -0.3 is 5.32 Å². The molecule has 1 aliphatic heterocycles. The van der Waals surface area contributed by atoms with Crippen molar-refractivity contribution in [3.63, 3.8) is 0 Å². The Morgan fingerprint density at radius 2 is 2.15 bits per heavy atom.